The summed E-state index contributed by atoms with van der Waals surface area (Å²) < 4.78 is 4.90. The van der Waals surface area contributed by atoms with E-state index >= 15 is 0 Å². The lowest BCUT2D eigenvalue weighted by Gasteiger charge is -2.37. The molecule has 0 aromatic carbocycles. The van der Waals surface area contributed by atoms with Crippen LogP contribution in [0.15, 0.2) is 0 Å². The predicted molar refractivity (Wildman–Crippen MR) is 89.4 cm³/mol. The number of carbonyl (C=O) groups excluding carboxylic acids is 2. The highest BCUT2D eigenvalue weighted by Gasteiger charge is 2.54. The zero-order chi connectivity index (χ0) is 16.7. The van der Waals surface area contributed by atoms with E-state index in [1.165, 1.54) is 39.2 Å². The van der Waals surface area contributed by atoms with E-state index in [1.807, 2.05) is 4.90 Å². The molecule has 24 heavy (non-hydrogen) atoms. The van der Waals surface area contributed by atoms with E-state index < -0.39 is 0 Å². The zero-order valence-electron chi connectivity index (χ0n) is 14.6. The Morgan fingerprint density at radius 3 is 2.46 bits per heavy atom. The molecule has 3 amide bonds. The number of urea groups is 1. The lowest BCUT2D eigenvalue weighted by molar-refractivity contribution is -0.136. The van der Waals surface area contributed by atoms with Gasteiger partial charge in [-0.25, -0.2) is 4.79 Å². The van der Waals surface area contributed by atoms with Crippen LogP contribution in [0.1, 0.15) is 32.1 Å². The Balaban J connectivity index is 1.27. The van der Waals surface area contributed by atoms with Gasteiger partial charge in [0.1, 0.15) is 6.61 Å². The number of piperazine rings is 1. The van der Waals surface area contributed by atoms with Gasteiger partial charge in [0.15, 0.2) is 0 Å². The average Bonchev–Trinajstić information content (AvgIpc) is 3.28. The Morgan fingerprint density at radius 2 is 1.71 bits per heavy atom. The van der Waals surface area contributed by atoms with Crippen molar-refractivity contribution in [3.63, 3.8) is 0 Å². The maximum absolute atomic E-state index is 12.6. The largest absolute Gasteiger partial charge is 0.375 e. The molecule has 4 rings (SSSR count). The molecule has 1 heterocycles. The first-order valence-corrected chi connectivity index (χ1v) is 9.49. The van der Waals surface area contributed by atoms with E-state index in [0.29, 0.717) is 32.2 Å². The third-order valence-electron chi connectivity index (χ3n) is 6.92. The van der Waals surface area contributed by atoms with Crippen LogP contribution >= 0.6 is 0 Å². The summed E-state index contributed by atoms with van der Waals surface area (Å²) in [6, 6.07) is 0.455. The van der Waals surface area contributed by atoms with E-state index in [2.05, 4.69) is 5.32 Å². The number of fused-ring (bicyclic) bond motifs is 5. The molecule has 134 valence electrons. The lowest BCUT2D eigenvalue weighted by Crippen LogP contribution is -2.56. The molecule has 4 aliphatic rings. The fourth-order valence-corrected chi connectivity index (χ4v) is 5.86. The summed E-state index contributed by atoms with van der Waals surface area (Å²) in [5.74, 6) is 3.42. The molecule has 5 atom stereocenters. The zero-order valence-corrected chi connectivity index (χ0v) is 14.6. The molecule has 2 bridgehead atoms. The number of hydrogen-bond donors (Lipinski definition) is 1. The van der Waals surface area contributed by atoms with E-state index in [1.54, 1.807) is 4.90 Å². The third kappa shape index (κ3) is 2.79. The first-order valence-electron chi connectivity index (χ1n) is 9.49. The number of ether oxygens (including phenoxy) is 1. The van der Waals surface area contributed by atoms with Crippen LogP contribution in [0.2, 0.25) is 0 Å². The van der Waals surface area contributed by atoms with Crippen molar-refractivity contribution >= 4 is 11.9 Å². The Morgan fingerprint density at radius 1 is 1.00 bits per heavy atom. The van der Waals surface area contributed by atoms with Crippen LogP contribution in [0.4, 0.5) is 4.79 Å². The first kappa shape index (κ1) is 16.2. The molecule has 6 nitrogen and oxygen atoms in total. The summed E-state index contributed by atoms with van der Waals surface area (Å²) >= 11 is 0. The monoisotopic (exact) mass is 335 g/mol. The van der Waals surface area contributed by atoms with E-state index in [0.717, 1.165) is 23.7 Å². The average molecular weight is 335 g/mol. The van der Waals surface area contributed by atoms with Gasteiger partial charge in [-0.15, -0.1) is 0 Å². The quantitative estimate of drug-likeness (QED) is 0.846. The fourth-order valence-electron chi connectivity index (χ4n) is 5.86. The second kappa shape index (κ2) is 6.54. The minimum Gasteiger partial charge on any atom is -0.375 e. The molecule has 0 spiro atoms. The maximum Gasteiger partial charge on any atom is 0.317 e. The number of amides is 3. The van der Waals surface area contributed by atoms with Crippen LogP contribution in [0.5, 0.6) is 0 Å². The van der Waals surface area contributed by atoms with Gasteiger partial charge in [-0.3, -0.25) is 4.79 Å². The van der Waals surface area contributed by atoms with E-state index in [-0.39, 0.29) is 18.5 Å². The first-order chi connectivity index (χ1) is 11.7. The second-order valence-corrected chi connectivity index (χ2v) is 8.01. The molecule has 0 aromatic rings. The van der Waals surface area contributed by atoms with Crippen molar-refractivity contribution in [2.45, 2.75) is 38.1 Å². The van der Waals surface area contributed by atoms with Gasteiger partial charge < -0.3 is 19.9 Å². The topological polar surface area (TPSA) is 61.9 Å². The van der Waals surface area contributed by atoms with Crippen molar-refractivity contribution < 1.29 is 14.3 Å². The third-order valence-corrected chi connectivity index (χ3v) is 6.92. The molecule has 0 unspecified atom stereocenters. The molecule has 0 aromatic heterocycles. The van der Waals surface area contributed by atoms with Gasteiger partial charge in [-0.2, -0.15) is 0 Å². The number of methoxy groups -OCH3 is 1. The predicted octanol–water partition coefficient (Wildman–Crippen LogP) is 1.31. The summed E-state index contributed by atoms with van der Waals surface area (Å²) in [7, 11) is 1.53. The minimum absolute atomic E-state index is 0.0120. The smallest absolute Gasteiger partial charge is 0.317 e. The number of rotatable bonds is 3. The molecule has 0 radical (unpaired) electrons. The Kier molecular flexibility index (Phi) is 4.41. The van der Waals surface area contributed by atoms with Crippen molar-refractivity contribution in [2.75, 3.05) is 39.9 Å². The Labute approximate surface area is 143 Å². The Hall–Kier alpha value is -1.30. The number of hydrogen-bond acceptors (Lipinski definition) is 3. The van der Waals surface area contributed by atoms with E-state index in [4.69, 9.17) is 4.74 Å². The highest BCUT2D eigenvalue weighted by atomic mass is 16.5. The normalized spacial score (nSPS) is 37.6. The van der Waals surface area contributed by atoms with Crippen LogP contribution in [0.25, 0.3) is 0 Å². The summed E-state index contributed by atoms with van der Waals surface area (Å²) in [6.45, 7) is 2.58. The molecule has 1 N–H and O–H groups in total. The summed E-state index contributed by atoms with van der Waals surface area (Å²) in [6.07, 6.45) is 6.70. The SMILES string of the molecule is COCC(=O)N1CCN(C(=O)N[C@@H]2C[C@H]3C[C@H]2[C@H]2CCC[C@H]32)CC1. The molecular weight excluding hydrogens is 306 g/mol. The van der Waals surface area contributed by atoms with Gasteiger partial charge in [0.25, 0.3) is 0 Å². The summed E-state index contributed by atoms with van der Waals surface area (Å²) in [5, 5.41) is 3.32. The van der Waals surface area contributed by atoms with Gasteiger partial charge in [-0.05, 0) is 49.4 Å². The van der Waals surface area contributed by atoms with Crippen molar-refractivity contribution in [3.8, 4) is 0 Å². The summed E-state index contributed by atoms with van der Waals surface area (Å²) in [5.41, 5.74) is 0. The number of nitrogens with zero attached hydrogens (tertiary/aromatic N) is 2. The van der Waals surface area contributed by atoms with Gasteiger partial charge >= 0.3 is 6.03 Å². The summed E-state index contributed by atoms with van der Waals surface area (Å²) in [4.78, 5) is 28.1. The molecule has 6 heteroatoms. The molecule has 3 aliphatic carbocycles. The lowest BCUT2D eigenvalue weighted by atomic mass is 9.79. The fraction of sp³-hybridized carbons (Fsp3) is 0.889. The molecule has 1 saturated heterocycles. The van der Waals surface area contributed by atoms with Gasteiger partial charge in [-0.1, -0.05) is 6.42 Å². The highest BCUT2D eigenvalue weighted by molar-refractivity contribution is 5.78. The van der Waals surface area contributed by atoms with Crippen LogP contribution in [0.3, 0.4) is 0 Å². The number of nitrogens with one attached hydrogen (secondary N) is 1. The van der Waals surface area contributed by atoms with Crippen molar-refractivity contribution in [2.24, 2.45) is 23.7 Å². The maximum atomic E-state index is 12.6. The van der Waals surface area contributed by atoms with Crippen LogP contribution in [0, 0.1) is 23.7 Å². The molecule has 4 fully saturated rings. The van der Waals surface area contributed by atoms with Crippen LogP contribution in [-0.2, 0) is 9.53 Å². The minimum atomic E-state index is 0.0120. The van der Waals surface area contributed by atoms with Gasteiger partial charge in [0, 0.05) is 39.3 Å². The van der Waals surface area contributed by atoms with Crippen molar-refractivity contribution in [1.29, 1.82) is 0 Å². The molecular formula is C18H29N3O3. The standard InChI is InChI=1S/C18H29N3O3/c1-24-11-17(22)20-5-7-21(8-6-20)18(23)19-16-10-12-9-15(16)14-4-2-3-13(12)14/h12-16H,2-11H2,1H3,(H,19,23)/t12-,13-,14+,15+,16-/m1/s1. The highest BCUT2D eigenvalue weighted by Crippen LogP contribution is 2.58. The molecule has 1 aliphatic heterocycles. The Bertz CT molecular complexity index is 504. The van der Waals surface area contributed by atoms with Crippen LogP contribution < -0.4 is 5.32 Å². The van der Waals surface area contributed by atoms with Crippen LogP contribution in [-0.4, -0.2) is 67.7 Å². The second-order valence-electron chi connectivity index (χ2n) is 8.01. The van der Waals surface area contributed by atoms with Gasteiger partial charge in [0.05, 0.1) is 0 Å². The number of carbonyl (C=O) groups is 2. The van der Waals surface area contributed by atoms with Gasteiger partial charge in [0.2, 0.25) is 5.91 Å². The molecule has 3 saturated carbocycles. The van der Waals surface area contributed by atoms with Crippen molar-refractivity contribution in [1.82, 2.24) is 15.1 Å². The van der Waals surface area contributed by atoms with Crippen molar-refractivity contribution in [3.05, 3.63) is 0 Å². The van der Waals surface area contributed by atoms with E-state index in [9.17, 15) is 9.59 Å².